The zero-order valence-electron chi connectivity index (χ0n) is 7.04. The smallest absolute Gasteiger partial charge is 0.220 e. The molecule has 63 valence electrons. The third-order valence-corrected chi connectivity index (χ3v) is 2.25. The van der Waals surface area contributed by atoms with Crippen LogP contribution in [0.5, 0.6) is 11.5 Å². The average Bonchev–Trinajstić information content (AvgIpc) is 2.49. The van der Waals surface area contributed by atoms with Crippen LogP contribution < -0.4 is 4.74 Å². The third-order valence-electron chi connectivity index (χ3n) is 2.25. The fourth-order valence-corrected chi connectivity index (χ4v) is 1.54. The van der Waals surface area contributed by atoms with E-state index in [4.69, 9.17) is 4.74 Å². The van der Waals surface area contributed by atoms with Crippen LogP contribution in [0.15, 0.2) is 18.2 Å². The molecule has 0 aromatic heterocycles. The summed E-state index contributed by atoms with van der Waals surface area (Å²) in [6, 6.07) is 5.31. The van der Waals surface area contributed by atoms with Crippen LogP contribution in [0.4, 0.5) is 0 Å². The summed E-state index contributed by atoms with van der Waals surface area (Å²) in [6.45, 7) is 2.07. The molecule has 1 aromatic rings. The van der Waals surface area contributed by atoms with Gasteiger partial charge >= 0.3 is 0 Å². The molecule has 1 unspecified atom stereocenters. The molecule has 12 heavy (non-hydrogen) atoms. The second kappa shape index (κ2) is 2.70. The van der Waals surface area contributed by atoms with Gasteiger partial charge in [0.05, 0.1) is 0 Å². The molecule has 1 aliphatic rings. The van der Waals surface area contributed by atoms with Crippen LogP contribution in [0, 0.1) is 0 Å². The van der Waals surface area contributed by atoms with Crippen LogP contribution >= 0.6 is 0 Å². The van der Waals surface area contributed by atoms with Crippen molar-refractivity contribution in [1.29, 1.82) is 0 Å². The molecule has 0 fully saturated rings. The van der Waals surface area contributed by atoms with E-state index in [-0.39, 0.29) is 11.9 Å². The standard InChI is InChI=1S/C10H11O2/c1-2-8-6-7-4-3-5-9(11)10(7)12-8/h3-5,8H,2,6H2,1H3. The van der Waals surface area contributed by atoms with E-state index in [0.29, 0.717) is 5.75 Å². The molecule has 2 heteroatoms. The number of hydrogen-bond donors (Lipinski definition) is 0. The maximum absolute atomic E-state index is 11.2. The molecule has 0 N–H and O–H groups in total. The number of ether oxygens (including phenoxy) is 1. The lowest BCUT2D eigenvalue weighted by Crippen LogP contribution is -2.10. The molecule has 0 saturated carbocycles. The Kier molecular flexibility index (Phi) is 1.68. The molecule has 1 aliphatic heterocycles. The Balaban J connectivity index is 2.35. The summed E-state index contributed by atoms with van der Waals surface area (Å²) in [5.41, 5.74) is 1.06. The predicted molar refractivity (Wildman–Crippen MR) is 45.0 cm³/mol. The molecule has 0 spiro atoms. The lowest BCUT2D eigenvalue weighted by molar-refractivity contribution is 0.213. The van der Waals surface area contributed by atoms with Crippen LogP contribution in [0.3, 0.4) is 0 Å². The zero-order chi connectivity index (χ0) is 8.55. The van der Waals surface area contributed by atoms with E-state index in [2.05, 4.69) is 6.92 Å². The molecule has 1 radical (unpaired) electrons. The third kappa shape index (κ3) is 1.04. The van der Waals surface area contributed by atoms with E-state index in [9.17, 15) is 5.11 Å². The van der Waals surface area contributed by atoms with Gasteiger partial charge in [0.15, 0.2) is 5.75 Å². The molecular formula is C10H11O2. The number of benzene rings is 1. The number of para-hydroxylation sites is 1. The predicted octanol–water partition coefficient (Wildman–Crippen LogP) is 2.54. The van der Waals surface area contributed by atoms with Gasteiger partial charge in [0.1, 0.15) is 6.10 Å². The molecule has 1 aromatic carbocycles. The van der Waals surface area contributed by atoms with Gasteiger partial charge in [-0.1, -0.05) is 19.1 Å². The molecule has 0 saturated heterocycles. The molecule has 1 heterocycles. The normalized spacial score (nSPS) is 20.2. The first-order valence-electron chi connectivity index (χ1n) is 4.27. The number of fused-ring (bicyclic) bond motifs is 1. The highest BCUT2D eigenvalue weighted by Crippen LogP contribution is 2.37. The Labute approximate surface area is 71.8 Å². The Morgan fingerprint density at radius 3 is 3.08 bits per heavy atom. The van der Waals surface area contributed by atoms with E-state index in [0.717, 1.165) is 18.4 Å². The lowest BCUT2D eigenvalue weighted by Gasteiger charge is -2.05. The van der Waals surface area contributed by atoms with Crippen molar-refractivity contribution in [3.8, 4) is 11.5 Å². The Morgan fingerprint density at radius 1 is 1.58 bits per heavy atom. The Bertz CT molecular complexity index is 294. The Hall–Kier alpha value is -1.18. The maximum Gasteiger partial charge on any atom is 0.220 e. The van der Waals surface area contributed by atoms with Crippen molar-refractivity contribution in [3.63, 3.8) is 0 Å². The quantitative estimate of drug-likeness (QED) is 0.625. The molecule has 0 amide bonds. The first kappa shape index (κ1) is 7.47. The van der Waals surface area contributed by atoms with Crippen molar-refractivity contribution in [2.45, 2.75) is 25.9 Å². The minimum atomic E-state index is 0.0171. The zero-order valence-corrected chi connectivity index (χ0v) is 7.04. The highest BCUT2D eigenvalue weighted by Gasteiger charge is 2.24. The summed E-state index contributed by atoms with van der Waals surface area (Å²) >= 11 is 0. The van der Waals surface area contributed by atoms with Crippen LogP contribution in [0.1, 0.15) is 18.9 Å². The fraction of sp³-hybridized carbons (Fsp3) is 0.400. The van der Waals surface area contributed by atoms with E-state index >= 15 is 0 Å². The molecule has 0 bridgehead atoms. The van der Waals surface area contributed by atoms with Gasteiger partial charge in [-0.2, -0.15) is 0 Å². The summed E-state index contributed by atoms with van der Waals surface area (Å²) < 4.78 is 5.47. The summed E-state index contributed by atoms with van der Waals surface area (Å²) in [7, 11) is 0. The highest BCUT2D eigenvalue weighted by molar-refractivity contribution is 5.48. The van der Waals surface area contributed by atoms with Gasteiger partial charge in [-0.3, -0.25) is 5.11 Å². The van der Waals surface area contributed by atoms with Crippen LogP contribution in [-0.2, 0) is 11.5 Å². The summed E-state index contributed by atoms with van der Waals surface area (Å²) in [5.74, 6) is 0.591. The fourth-order valence-electron chi connectivity index (χ4n) is 1.54. The topological polar surface area (TPSA) is 29.1 Å². The van der Waals surface area contributed by atoms with Gasteiger partial charge < -0.3 is 4.74 Å². The van der Waals surface area contributed by atoms with Crippen molar-refractivity contribution < 1.29 is 9.84 Å². The first-order valence-corrected chi connectivity index (χ1v) is 4.27. The monoisotopic (exact) mass is 163 g/mol. The van der Waals surface area contributed by atoms with Gasteiger partial charge in [-0.25, -0.2) is 0 Å². The van der Waals surface area contributed by atoms with E-state index < -0.39 is 0 Å². The van der Waals surface area contributed by atoms with E-state index in [1.165, 1.54) is 0 Å². The van der Waals surface area contributed by atoms with Crippen LogP contribution in [0.2, 0.25) is 0 Å². The molecule has 0 aliphatic carbocycles. The van der Waals surface area contributed by atoms with Crippen LogP contribution in [-0.4, -0.2) is 6.10 Å². The number of rotatable bonds is 1. The lowest BCUT2D eigenvalue weighted by atomic mass is 10.1. The van der Waals surface area contributed by atoms with Gasteiger partial charge in [0.25, 0.3) is 0 Å². The van der Waals surface area contributed by atoms with Gasteiger partial charge in [0.2, 0.25) is 5.75 Å². The number of hydrogen-bond acceptors (Lipinski definition) is 1. The molecule has 2 rings (SSSR count). The van der Waals surface area contributed by atoms with Crippen molar-refractivity contribution in [2.75, 3.05) is 0 Å². The second-order valence-corrected chi connectivity index (χ2v) is 3.10. The summed E-state index contributed by atoms with van der Waals surface area (Å²) in [4.78, 5) is 0. The van der Waals surface area contributed by atoms with Crippen molar-refractivity contribution in [1.82, 2.24) is 0 Å². The van der Waals surface area contributed by atoms with Crippen molar-refractivity contribution >= 4 is 0 Å². The largest absolute Gasteiger partial charge is 0.486 e. The Morgan fingerprint density at radius 2 is 2.42 bits per heavy atom. The summed E-state index contributed by atoms with van der Waals surface area (Å²) in [5, 5.41) is 11.2. The SMILES string of the molecule is CCC1Cc2cccc([O])c2O1. The highest BCUT2D eigenvalue weighted by atomic mass is 16.5. The molecular weight excluding hydrogens is 152 g/mol. The van der Waals surface area contributed by atoms with Gasteiger partial charge in [-0.05, 0) is 12.5 Å². The van der Waals surface area contributed by atoms with E-state index in [1.807, 2.05) is 6.07 Å². The van der Waals surface area contributed by atoms with E-state index in [1.54, 1.807) is 12.1 Å². The molecule has 2 nitrogen and oxygen atoms in total. The minimum absolute atomic E-state index is 0.0171. The summed E-state index contributed by atoms with van der Waals surface area (Å²) in [6.07, 6.45) is 2.07. The van der Waals surface area contributed by atoms with Gasteiger partial charge in [-0.15, -0.1) is 0 Å². The van der Waals surface area contributed by atoms with Crippen molar-refractivity contribution in [3.05, 3.63) is 23.8 Å². The van der Waals surface area contributed by atoms with Gasteiger partial charge in [0, 0.05) is 12.0 Å². The molecule has 1 atom stereocenters. The van der Waals surface area contributed by atoms with Crippen molar-refractivity contribution in [2.24, 2.45) is 0 Å². The second-order valence-electron chi connectivity index (χ2n) is 3.10. The van der Waals surface area contributed by atoms with Crippen LogP contribution in [0.25, 0.3) is 0 Å². The average molecular weight is 163 g/mol. The minimum Gasteiger partial charge on any atom is -0.486 e. The first-order chi connectivity index (χ1) is 5.81. The maximum atomic E-state index is 11.2.